The molecule has 2 N–H and O–H groups in total. The van der Waals surface area contributed by atoms with E-state index in [1.807, 2.05) is 0 Å². The van der Waals surface area contributed by atoms with Crippen LogP contribution in [0, 0.1) is 0 Å². The number of hydrogen-bond acceptors (Lipinski definition) is 3. The van der Waals surface area contributed by atoms with Crippen molar-refractivity contribution in [3.63, 3.8) is 0 Å². The number of anilines is 1. The monoisotopic (exact) mass is 289 g/mol. The summed E-state index contributed by atoms with van der Waals surface area (Å²) in [5.74, 6) is 0.962. The van der Waals surface area contributed by atoms with E-state index in [1.165, 1.54) is 21.9 Å². The van der Waals surface area contributed by atoms with Gasteiger partial charge in [0.25, 0.3) is 0 Å². The Balaban J connectivity index is 1.79. The molecule has 2 heterocycles. The van der Waals surface area contributed by atoms with Crippen molar-refractivity contribution >= 4 is 16.6 Å². The van der Waals surface area contributed by atoms with Gasteiger partial charge in [-0.2, -0.15) is 0 Å². The molecular weight excluding hydrogens is 270 g/mol. The molecule has 4 rings (SSSR count). The Morgan fingerprint density at radius 2 is 1.82 bits per heavy atom. The fraction of sp³-hybridized carbons (Fsp3) is 0.211. The first-order valence-electron chi connectivity index (χ1n) is 7.86. The minimum absolute atomic E-state index is 0.143. The fourth-order valence-electron chi connectivity index (χ4n) is 3.20. The molecule has 1 aliphatic heterocycles. The van der Waals surface area contributed by atoms with Crippen LogP contribution in [0.1, 0.15) is 36.2 Å². The Labute approximate surface area is 130 Å². The summed E-state index contributed by atoms with van der Waals surface area (Å²) in [4.78, 5) is 4.73. The summed E-state index contributed by atoms with van der Waals surface area (Å²) >= 11 is 0. The zero-order chi connectivity index (χ0) is 14.9. The lowest BCUT2D eigenvalue weighted by Gasteiger charge is -2.14. The van der Waals surface area contributed by atoms with Crippen molar-refractivity contribution in [3.05, 3.63) is 71.4 Å². The zero-order valence-corrected chi connectivity index (χ0v) is 12.6. The lowest BCUT2D eigenvalue weighted by molar-refractivity contribution is 0.734. The van der Waals surface area contributed by atoms with Gasteiger partial charge in [-0.05, 0) is 28.8 Å². The first-order chi connectivity index (χ1) is 10.9. The molecule has 3 aromatic rings. The normalized spacial score (nSPS) is 16.5. The van der Waals surface area contributed by atoms with Crippen molar-refractivity contribution in [2.75, 3.05) is 5.43 Å². The predicted molar refractivity (Wildman–Crippen MR) is 90.8 cm³/mol. The van der Waals surface area contributed by atoms with Crippen LogP contribution < -0.4 is 10.9 Å². The van der Waals surface area contributed by atoms with E-state index in [4.69, 9.17) is 4.98 Å². The van der Waals surface area contributed by atoms with Gasteiger partial charge in [0.1, 0.15) is 5.82 Å². The molecule has 3 heteroatoms. The van der Waals surface area contributed by atoms with Crippen LogP contribution >= 0.6 is 0 Å². The number of hydrogen-bond donors (Lipinski definition) is 2. The molecule has 1 atom stereocenters. The molecule has 1 aliphatic rings. The Kier molecular flexibility index (Phi) is 3.28. The van der Waals surface area contributed by atoms with Crippen LogP contribution in [0.2, 0.25) is 0 Å². The third-order valence-corrected chi connectivity index (χ3v) is 4.27. The number of aromatic nitrogens is 1. The van der Waals surface area contributed by atoms with Gasteiger partial charge in [0, 0.05) is 11.3 Å². The largest absolute Gasteiger partial charge is 0.305 e. The number of hydrazine groups is 1. The highest BCUT2D eigenvalue weighted by Gasteiger charge is 2.25. The van der Waals surface area contributed by atoms with Gasteiger partial charge in [0.05, 0.1) is 6.04 Å². The molecule has 1 aromatic heterocycles. The van der Waals surface area contributed by atoms with Crippen molar-refractivity contribution in [2.24, 2.45) is 0 Å². The van der Waals surface area contributed by atoms with E-state index in [9.17, 15) is 0 Å². The molecule has 2 aromatic carbocycles. The third-order valence-electron chi connectivity index (χ3n) is 4.27. The van der Waals surface area contributed by atoms with E-state index in [0.717, 1.165) is 24.4 Å². The minimum atomic E-state index is 0.143. The molecule has 0 bridgehead atoms. The SMILES string of the molecule is CCCc1ccc2c(n1)NNC2c1cccc2ccccc12. The van der Waals surface area contributed by atoms with Gasteiger partial charge in [-0.1, -0.05) is 61.9 Å². The van der Waals surface area contributed by atoms with Crippen LogP contribution in [0.5, 0.6) is 0 Å². The van der Waals surface area contributed by atoms with Crippen molar-refractivity contribution in [2.45, 2.75) is 25.8 Å². The number of nitrogens with zero attached hydrogens (tertiary/aromatic N) is 1. The van der Waals surface area contributed by atoms with Gasteiger partial charge < -0.3 is 5.43 Å². The van der Waals surface area contributed by atoms with Crippen molar-refractivity contribution in [1.29, 1.82) is 0 Å². The molecular formula is C19H19N3. The molecule has 110 valence electrons. The quantitative estimate of drug-likeness (QED) is 0.758. The predicted octanol–water partition coefficient (Wildman–Crippen LogP) is 4.21. The zero-order valence-electron chi connectivity index (χ0n) is 12.6. The summed E-state index contributed by atoms with van der Waals surface area (Å²) in [6, 6.07) is 19.5. The number of pyridine rings is 1. The van der Waals surface area contributed by atoms with Crippen LogP contribution in [0.25, 0.3) is 10.8 Å². The van der Waals surface area contributed by atoms with Crippen molar-refractivity contribution in [1.82, 2.24) is 10.4 Å². The maximum atomic E-state index is 4.73. The van der Waals surface area contributed by atoms with E-state index >= 15 is 0 Å². The second-order valence-electron chi connectivity index (χ2n) is 5.76. The molecule has 0 saturated carbocycles. The van der Waals surface area contributed by atoms with Gasteiger partial charge >= 0.3 is 0 Å². The van der Waals surface area contributed by atoms with E-state index in [2.05, 4.69) is 72.4 Å². The summed E-state index contributed by atoms with van der Waals surface area (Å²) in [7, 11) is 0. The van der Waals surface area contributed by atoms with Gasteiger partial charge in [0.2, 0.25) is 0 Å². The van der Waals surface area contributed by atoms with E-state index in [-0.39, 0.29) is 6.04 Å². The second-order valence-corrected chi connectivity index (χ2v) is 5.76. The van der Waals surface area contributed by atoms with Gasteiger partial charge in [-0.3, -0.25) is 0 Å². The van der Waals surface area contributed by atoms with Crippen LogP contribution in [-0.4, -0.2) is 4.98 Å². The Morgan fingerprint density at radius 3 is 2.73 bits per heavy atom. The average Bonchev–Trinajstić information content (AvgIpc) is 2.98. The molecule has 0 fully saturated rings. The van der Waals surface area contributed by atoms with Crippen LogP contribution in [0.3, 0.4) is 0 Å². The summed E-state index contributed by atoms with van der Waals surface area (Å²) in [6.45, 7) is 2.18. The molecule has 0 spiro atoms. The molecule has 0 aliphatic carbocycles. The van der Waals surface area contributed by atoms with Crippen LogP contribution in [-0.2, 0) is 6.42 Å². The second kappa shape index (κ2) is 5.43. The van der Waals surface area contributed by atoms with Crippen LogP contribution in [0.15, 0.2) is 54.6 Å². The summed E-state index contributed by atoms with van der Waals surface area (Å²) in [5, 5.41) is 2.56. The van der Waals surface area contributed by atoms with E-state index in [1.54, 1.807) is 0 Å². The lowest BCUT2D eigenvalue weighted by atomic mass is 9.95. The smallest absolute Gasteiger partial charge is 0.145 e. The average molecular weight is 289 g/mol. The minimum Gasteiger partial charge on any atom is -0.305 e. The number of aryl methyl sites for hydroxylation is 1. The molecule has 0 radical (unpaired) electrons. The molecule has 0 amide bonds. The van der Waals surface area contributed by atoms with Gasteiger partial charge in [-0.25, -0.2) is 10.4 Å². The van der Waals surface area contributed by atoms with Crippen LogP contribution in [0.4, 0.5) is 5.82 Å². The maximum Gasteiger partial charge on any atom is 0.145 e. The Bertz CT molecular complexity index is 821. The lowest BCUT2D eigenvalue weighted by Crippen LogP contribution is -2.20. The van der Waals surface area contributed by atoms with Crippen molar-refractivity contribution < 1.29 is 0 Å². The molecule has 3 nitrogen and oxygen atoms in total. The topological polar surface area (TPSA) is 37.0 Å². The number of fused-ring (bicyclic) bond motifs is 2. The molecule has 1 unspecified atom stereocenters. The van der Waals surface area contributed by atoms with E-state index < -0.39 is 0 Å². The van der Waals surface area contributed by atoms with Crippen molar-refractivity contribution in [3.8, 4) is 0 Å². The Hall–Kier alpha value is -2.39. The standard InChI is InChI=1S/C19H19N3/c1-2-6-14-11-12-17-18(21-22-19(17)20-14)16-10-5-8-13-7-3-4-9-15(13)16/h3-5,7-12,18,21H,2,6H2,1H3,(H,20,22). The highest BCUT2D eigenvalue weighted by Crippen LogP contribution is 2.35. The summed E-state index contributed by atoms with van der Waals surface area (Å²) in [6.07, 6.45) is 2.14. The first kappa shape index (κ1) is 13.3. The highest BCUT2D eigenvalue weighted by atomic mass is 15.4. The third kappa shape index (κ3) is 2.14. The fourth-order valence-corrected chi connectivity index (χ4v) is 3.20. The van der Waals surface area contributed by atoms with Gasteiger partial charge in [0.15, 0.2) is 0 Å². The first-order valence-corrected chi connectivity index (χ1v) is 7.86. The van der Waals surface area contributed by atoms with E-state index in [0.29, 0.717) is 0 Å². The maximum absolute atomic E-state index is 4.73. The number of nitrogens with one attached hydrogen (secondary N) is 2. The molecule has 22 heavy (non-hydrogen) atoms. The van der Waals surface area contributed by atoms with Gasteiger partial charge in [-0.15, -0.1) is 0 Å². The summed E-state index contributed by atoms with van der Waals surface area (Å²) in [5.41, 5.74) is 10.3. The molecule has 0 saturated heterocycles. The summed E-state index contributed by atoms with van der Waals surface area (Å²) < 4.78 is 0. The Morgan fingerprint density at radius 1 is 0.955 bits per heavy atom. The highest BCUT2D eigenvalue weighted by molar-refractivity contribution is 5.87. The number of benzene rings is 2. The number of rotatable bonds is 3.